The number of rotatable bonds is 3. The molecular weight excluding hydrogens is 254 g/mol. The maximum absolute atomic E-state index is 12.5. The zero-order chi connectivity index (χ0) is 10.8. The Labute approximate surface area is 90.2 Å². The van der Waals surface area contributed by atoms with Gasteiger partial charge in [0.15, 0.2) is 6.61 Å². The summed E-state index contributed by atoms with van der Waals surface area (Å²) in [5.74, 6) is -2.31. The monoisotopic (exact) mass is 264 g/mol. The number of ether oxygens (including phenoxy) is 1. The van der Waals surface area contributed by atoms with E-state index in [4.69, 9.17) is 4.74 Å². The second-order valence-electron chi connectivity index (χ2n) is 3.27. The van der Waals surface area contributed by atoms with Crippen LogP contribution in [-0.4, -0.2) is 12.5 Å². The number of alkyl halides is 2. The van der Waals surface area contributed by atoms with Crippen molar-refractivity contribution in [3.63, 3.8) is 0 Å². The molecule has 1 nitrogen and oxygen atoms in total. The molecule has 78 valence electrons. The average molecular weight is 265 g/mol. The smallest absolute Gasteiger partial charge is 0.278 e. The molecule has 0 saturated heterocycles. The highest BCUT2D eigenvalue weighted by Crippen LogP contribution is 2.24. The van der Waals surface area contributed by atoms with E-state index in [1.165, 1.54) is 0 Å². The van der Waals surface area contributed by atoms with Crippen molar-refractivity contribution in [3.05, 3.63) is 28.2 Å². The van der Waals surface area contributed by atoms with Gasteiger partial charge in [0.1, 0.15) is 5.75 Å². The predicted octanol–water partition coefficient (Wildman–Crippen LogP) is 3.79. The second kappa shape index (κ2) is 4.26. The van der Waals surface area contributed by atoms with Gasteiger partial charge in [-0.2, -0.15) is 0 Å². The molecule has 0 aromatic heterocycles. The summed E-state index contributed by atoms with van der Waals surface area (Å²) in [6.07, 6.45) is 0. The maximum atomic E-state index is 12.5. The van der Waals surface area contributed by atoms with Gasteiger partial charge in [0.2, 0.25) is 0 Å². The molecular formula is C10H11BrF2O. The van der Waals surface area contributed by atoms with Crippen molar-refractivity contribution in [2.24, 2.45) is 0 Å². The number of aryl methyl sites for hydroxylation is 1. The highest BCUT2D eigenvalue weighted by atomic mass is 79.9. The second-order valence-corrected chi connectivity index (χ2v) is 4.18. The van der Waals surface area contributed by atoms with Crippen LogP contribution >= 0.6 is 15.9 Å². The van der Waals surface area contributed by atoms with E-state index in [1.807, 2.05) is 19.1 Å². The fraction of sp³-hybridized carbons (Fsp3) is 0.400. The summed E-state index contributed by atoms with van der Waals surface area (Å²) in [6.45, 7) is 2.06. The van der Waals surface area contributed by atoms with Gasteiger partial charge in [-0.25, -0.2) is 8.78 Å². The third kappa shape index (κ3) is 3.62. The molecule has 0 bridgehead atoms. The Morgan fingerprint density at radius 3 is 2.64 bits per heavy atom. The van der Waals surface area contributed by atoms with Gasteiger partial charge in [0, 0.05) is 11.4 Å². The fourth-order valence-corrected chi connectivity index (χ4v) is 1.27. The van der Waals surface area contributed by atoms with Gasteiger partial charge in [-0.05, 0) is 24.6 Å². The van der Waals surface area contributed by atoms with Crippen molar-refractivity contribution in [1.82, 2.24) is 0 Å². The van der Waals surface area contributed by atoms with E-state index >= 15 is 0 Å². The molecule has 0 aliphatic heterocycles. The molecule has 0 spiro atoms. The van der Waals surface area contributed by atoms with E-state index in [1.54, 1.807) is 6.07 Å². The molecule has 0 radical (unpaired) electrons. The lowest BCUT2D eigenvalue weighted by molar-refractivity contribution is -0.0231. The Kier molecular flexibility index (Phi) is 3.48. The van der Waals surface area contributed by atoms with Crippen molar-refractivity contribution >= 4 is 15.9 Å². The summed E-state index contributed by atoms with van der Waals surface area (Å²) in [7, 11) is 0. The quantitative estimate of drug-likeness (QED) is 0.807. The van der Waals surface area contributed by atoms with Crippen LogP contribution in [0.5, 0.6) is 5.75 Å². The van der Waals surface area contributed by atoms with E-state index in [0.717, 1.165) is 17.0 Å². The first-order valence-corrected chi connectivity index (χ1v) is 4.94. The van der Waals surface area contributed by atoms with Crippen molar-refractivity contribution in [3.8, 4) is 5.75 Å². The Morgan fingerprint density at radius 1 is 1.43 bits per heavy atom. The lowest BCUT2D eigenvalue weighted by Gasteiger charge is -2.13. The minimum absolute atomic E-state index is 0.487. The average Bonchev–Trinajstić information content (AvgIpc) is 2.05. The van der Waals surface area contributed by atoms with Crippen LogP contribution < -0.4 is 4.74 Å². The third-order valence-electron chi connectivity index (χ3n) is 1.63. The van der Waals surface area contributed by atoms with Crippen LogP contribution in [0, 0.1) is 6.92 Å². The van der Waals surface area contributed by atoms with Crippen LogP contribution in [0.2, 0.25) is 0 Å². The molecule has 1 aromatic carbocycles. The van der Waals surface area contributed by atoms with Gasteiger partial charge in [0.05, 0.1) is 0 Å². The molecule has 4 heteroatoms. The Morgan fingerprint density at radius 2 is 2.07 bits per heavy atom. The number of benzene rings is 1. The Bertz CT molecular complexity index is 320. The molecule has 0 N–H and O–H groups in total. The van der Waals surface area contributed by atoms with Crippen molar-refractivity contribution < 1.29 is 13.5 Å². The summed E-state index contributed by atoms with van der Waals surface area (Å²) < 4.78 is 30.8. The highest BCUT2D eigenvalue weighted by Gasteiger charge is 2.22. The summed E-state index contributed by atoms with van der Waals surface area (Å²) in [6, 6.07) is 5.33. The Hall–Kier alpha value is -0.640. The molecule has 1 rings (SSSR count). The lowest BCUT2D eigenvalue weighted by atomic mass is 10.2. The van der Waals surface area contributed by atoms with E-state index in [0.29, 0.717) is 5.75 Å². The summed E-state index contributed by atoms with van der Waals surface area (Å²) in [4.78, 5) is 0. The largest absolute Gasteiger partial charge is 0.487 e. The van der Waals surface area contributed by atoms with Crippen LogP contribution in [0.1, 0.15) is 12.5 Å². The minimum atomic E-state index is -2.80. The first-order valence-electron chi connectivity index (χ1n) is 4.15. The molecule has 0 atom stereocenters. The van der Waals surface area contributed by atoms with E-state index in [2.05, 4.69) is 15.9 Å². The summed E-state index contributed by atoms with van der Waals surface area (Å²) in [5.41, 5.74) is 0.845. The van der Waals surface area contributed by atoms with Crippen LogP contribution in [0.4, 0.5) is 8.78 Å². The predicted molar refractivity (Wildman–Crippen MR) is 55.0 cm³/mol. The first-order chi connectivity index (χ1) is 6.38. The van der Waals surface area contributed by atoms with Gasteiger partial charge in [-0.1, -0.05) is 22.0 Å². The van der Waals surface area contributed by atoms with Gasteiger partial charge < -0.3 is 4.74 Å². The first kappa shape index (κ1) is 11.4. The van der Waals surface area contributed by atoms with Crippen LogP contribution in [-0.2, 0) is 0 Å². The van der Waals surface area contributed by atoms with E-state index in [9.17, 15) is 8.78 Å². The van der Waals surface area contributed by atoms with Crippen LogP contribution in [0.15, 0.2) is 22.7 Å². The normalized spacial score (nSPS) is 11.5. The lowest BCUT2D eigenvalue weighted by Crippen LogP contribution is -2.21. The van der Waals surface area contributed by atoms with Crippen molar-refractivity contribution in [1.29, 1.82) is 0 Å². The van der Waals surface area contributed by atoms with Gasteiger partial charge in [-0.3, -0.25) is 0 Å². The zero-order valence-corrected chi connectivity index (χ0v) is 9.57. The summed E-state index contributed by atoms with van der Waals surface area (Å²) in [5, 5.41) is 0. The maximum Gasteiger partial charge on any atom is 0.278 e. The molecule has 14 heavy (non-hydrogen) atoms. The fourth-order valence-electron chi connectivity index (χ4n) is 0.934. The molecule has 0 fully saturated rings. The van der Waals surface area contributed by atoms with E-state index in [-0.39, 0.29) is 0 Å². The molecule has 0 aliphatic rings. The molecule has 0 amide bonds. The van der Waals surface area contributed by atoms with Crippen molar-refractivity contribution in [2.75, 3.05) is 6.61 Å². The molecule has 0 heterocycles. The standard InChI is InChI=1S/C10H11BrF2O/c1-7-3-4-8(11)5-9(7)14-6-10(2,12)13/h3-5H,6H2,1-2H3. The van der Waals surface area contributed by atoms with Gasteiger partial charge in [-0.15, -0.1) is 0 Å². The third-order valence-corrected chi connectivity index (χ3v) is 2.12. The number of hydrogen-bond acceptors (Lipinski definition) is 1. The van der Waals surface area contributed by atoms with Crippen molar-refractivity contribution in [2.45, 2.75) is 19.8 Å². The molecule has 0 unspecified atom stereocenters. The van der Waals surface area contributed by atoms with Crippen LogP contribution in [0.3, 0.4) is 0 Å². The highest BCUT2D eigenvalue weighted by molar-refractivity contribution is 9.10. The van der Waals surface area contributed by atoms with E-state index < -0.39 is 12.5 Å². The number of halogens is 3. The molecule has 1 aromatic rings. The SMILES string of the molecule is Cc1ccc(Br)cc1OCC(C)(F)F. The minimum Gasteiger partial charge on any atom is -0.487 e. The summed E-state index contributed by atoms with van der Waals surface area (Å²) >= 11 is 3.25. The Balaban J connectivity index is 2.72. The van der Waals surface area contributed by atoms with Gasteiger partial charge in [0.25, 0.3) is 5.92 Å². The van der Waals surface area contributed by atoms with Crippen LogP contribution in [0.25, 0.3) is 0 Å². The zero-order valence-electron chi connectivity index (χ0n) is 7.98. The molecule has 0 aliphatic carbocycles. The topological polar surface area (TPSA) is 9.23 Å². The number of hydrogen-bond donors (Lipinski definition) is 0. The molecule has 0 saturated carbocycles. The van der Waals surface area contributed by atoms with Gasteiger partial charge >= 0.3 is 0 Å².